The fourth-order valence-electron chi connectivity index (χ4n) is 3.27. The van der Waals surface area contributed by atoms with Crippen LogP contribution in [0, 0.1) is 5.92 Å². The lowest BCUT2D eigenvalue weighted by Crippen LogP contribution is -2.45. The number of hydrogen-bond donors (Lipinski definition) is 1. The molecule has 4 heteroatoms. The van der Waals surface area contributed by atoms with E-state index in [0.717, 1.165) is 45.3 Å². The number of carbonyl (C=O) groups is 1. The van der Waals surface area contributed by atoms with E-state index >= 15 is 0 Å². The van der Waals surface area contributed by atoms with Gasteiger partial charge in [0.05, 0.1) is 12.0 Å². The molecule has 2 fully saturated rings. The van der Waals surface area contributed by atoms with E-state index < -0.39 is 0 Å². The first-order chi connectivity index (χ1) is 9.18. The zero-order valence-corrected chi connectivity index (χ0v) is 12.1. The maximum atomic E-state index is 12.5. The van der Waals surface area contributed by atoms with Crippen molar-refractivity contribution in [2.75, 3.05) is 20.2 Å². The predicted octanol–water partition coefficient (Wildman–Crippen LogP) is 1.92. The number of likely N-dealkylation sites (N-methyl/N-ethyl adjacent to an activating group) is 1. The van der Waals surface area contributed by atoms with Gasteiger partial charge in [-0.05, 0) is 32.1 Å². The molecule has 1 aliphatic carbocycles. The third-order valence-corrected chi connectivity index (χ3v) is 4.51. The highest BCUT2D eigenvalue weighted by atomic mass is 16.5. The van der Waals surface area contributed by atoms with Crippen molar-refractivity contribution in [3.8, 4) is 0 Å². The molecule has 19 heavy (non-hydrogen) atoms. The smallest absolute Gasteiger partial charge is 0.227 e. The highest BCUT2D eigenvalue weighted by molar-refractivity contribution is 5.79. The molecule has 1 heterocycles. The van der Waals surface area contributed by atoms with E-state index in [0.29, 0.717) is 0 Å². The van der Waals surface area contributed by atoms with Crippen LogP contribution in [0.1, 0.15) is 51.4 Å². The van der Waals surface area contributed by atoms with Gasteiger partial charge < -0.3 is 15.4 Å². The van der Waals surface area contributed by atoms with Crippen LogP contribution in [0.4, 0.5) is 0 Å². The summed E-state index contributed by atoms with van der Waals surface area (Å²) in [6, 6.07) is 0.0460. The van der Waals surface area contributed by atoms with Gasteiger partial charge in [-0.3, -0.25) is 4.79 Å². The summed E-state index contributed by atoms with van der Waals surface area (Å²) in [4.78, 5) is 14.4. The zero-order chi connectivity index (χ0) is 13.7. The average Bonchev–Trinajstić information content (AvgIpc) is 2.63. The number of amides is 1. The van der Waals surface area contributed by atoms with E-state index in [9.17, 15) is 4.79 Å². The van der Waals surface area contributed by atoms with Crippen LogP contribution in [0.3, 0.4) is 0 Å². The Morgan fingerprint density at radius 2 is 1.89 bits per heavy atom. The lowest BCUT2D eigenvalue weighted by Gasteiger charge is -2.31. The van der Waals surface area contributed by atoms with Crippen LogP contribution in [0.2, 0.25) is 0 Å². The van der Waals surface area contributed by atoms with Gasteiger partial charge >= 0.3 is 0 Å². The van der Waals surface area contributed by atoms with Crippen molar-refractivity contribution in [3.63, 3.8) is 0 Å². The molecule has 0 spiro atoms. The van der Waals surface area contributed by atoms with Crippen molar-refractivity contribution in [2.24, 2.45) is 11.7 Å². The van der Waals surface area contributed by atoms with Gasteiger partial charge in [0.2, 0.25) is 5.91 Å². The van der Waals surface area contributed by atoms with Gasteiger partial charge in [-0.15, -0.1) is 0 Å². The Morgan fingerprint density at radius 1 is 1.16 bits per heavy atom. The van der Waals surface area contributed by atoms with Crippen LogP contribution in [-0.4, -0.2) is 43.2 Å². The molecular weight excluding hydrogens is 240 g/mol. The normalized spacial score (nSPS) is 32.6. The van der Waals surface area contributed by atoms with E-state index in [-0.39, 0.29) is 24.0 Å². The quantitative estimate of drug-likeness (QED) is 0.796. The predicted molar refractivity (Wildman–Crippen MR) is 75.8 cm³/mol. The first-order valence-corrected chi connectivity index (χ1v) is 7.80. The maximum absolute atomic E-state index is 12.5. The molecule has 1 saturated carbocycles. The Bertz CT molecular complexity index is 290. The molecule has 3 atom stereocenters. The standard InChI is InChI=1S/C15H28N2O2/c1-17(11-12-7-5-6-10-19-12)15(18)13-8-3-2-4-9-14(13)16/h12-14H,2-11,16H2,1H3/t12-,13+,14+/m0/s1. The molecule has 1 aliphatic heterocycles. The third-order valence-electron chi connectivity index (χ3n) is 4.51. The Morgan fingerprint density at radius 3 is 2.63 bits per heavy atom. The second-order valence-electron chi connectivity index (χ2n) is 6.12. The van der Waals surface area contributed by atoms with Gasteiger partial charge in [0.1, 0.15) is 0 Å². The second-order valence-corrected chi connectivity index (χ2v) is 6.12. The SMILES string of the molecule is CN(C[C@@H]1CCCCO1)C(=O)[C@@H]1CCCCC[C@H]1N. The molecule has 0 aromatic heterocycles. The molecule has 0 radical (unpaired) electrons. The van der Waals surface area contributed by atoms with E-state index in [4.69, 9.17) is 10.5 Å². The van der Waals surface area contributed by atoms with Gasteiger partial charge in [0.15, 0.2) is 0 Å². The van der Waals surface area contributed by atoms with Crippen molar-refractivity contribution in [1.82, 2.24) is 4.90 Å². The Hall–Kier alpha value is -0.610. The fraction of sp³-hybridized carbons (Fsp3) is 0.933. The van der Waals surface area contributed by atoms with Crippen LogP contribution in [0.15, 0.2) is 0 Å². The molecule has 0 unspecified atom stereocenters. The largest absolute Gasteiger partial charge is 0.376 e. The van der Waals surface area contributed by atoms with E-state index in [1.165, 1.54) is 19.3 Å². The number of rotatable bonds is 3. The first-order valence-electron chi connectivity index (χ1n) is 7.80. The van der Waals surface area contributed by atoms with Crippen LogP contribution in [-0.2, 0) is 9.53 Å². The third kappa shape index (κ3) is 4.18. The van der Waals surface area contributed by atoms with Crippen LogP contribution >= 0.6 is 0 Å². The Kier molecular flexibility index (Phi) is 5.64. The van der Waals surface area contributed by atoms with Gasteiger partial charge in [0.25, 0.3) is 0 Å². The summed E-state index contributed by atoms with van der Waals surface area (Å²) >= 11 is 0. The fourth-order valence-corrected chi connectivity index (χ4v) is 3.27. The molecule has 0 aromatic rings. The Labute approximate surface area is 116 Å². The van der Waals surface area contributed by atoms with Crippen LogP contribution in [0.25, 0.3) is 0 Å². The minimum Gasteiger partial charge on any atom is -0.376 e. The topological polar surface area (TPSA) is 55.6 Å². The minimum atomic E-state index is 0.0242. The molecule has 0 bridgehead atoms. The molecule has 0 aromatic carbocycles. The molecule has 110 valence electrons. The number of hydrogen-bond acceptors (Lipinski definition) is 3. The molecule has 1 amide bonds. The molecule has 4 nitrogen and oxygen atoms in total. The van der Waals surface area contributed by atoms with Crippen molar-refractivity contribution in [2.45, 2.75) is 63.5 Å². The molecule has 1 saturated heterocycles. The average molecular weight is 268 g/mol. The summed E-state index contributed by atoms with van der Waals surface area (Å²) in [5, 5.41) is 0. The summed E-state index contributed by atoms with van der Waals surface area (Å²) in [6.45, 7) is 1.57. The summed E-state index contributed by atoms with van der Waals surface area (Å²) in [5.41, 5.74) is 6.17. The Balaban J connectivity index is 1.85. The van der Waals surface area contributed by atoms with Gasteiger partial charge in [-0.25, -0.2) is 0 Å². The van der Waals surface area contributed by atoms with Gasteiger partial charge in [-0.1, -0.05) is 19.3 Å². The summed E-state index contributed by atoms with van der Waals surface area (Å²) in [6.07, 6.45) is 9.14. The van der Waals surface area contributed by atoms with Crippen LogP contribution in [0.5, 0.6) is 0 Å². The lowest BCUT2D eigenvalue weighted by atomic mass is 9.94. The minimum absolute atomic E-state index is 0.0242. The number of nitrogens with zero attached hydrogens (tertiary/aromatic N) is 1. The van der Waals surface area contributed by atoms with Crippen molar-refractivity contribution in [3.05, 3.63) is 0 Å². The highest BCUT2D eigenvalue weighted by Crippen LogP contribution is 2.24. The zero-order valence-electron chi connectivity index (χ0n) is 12.1. The highest BCUT2D eigenvalue weighted by Gasteiger charge is 2.30. The lowest BCUT2D eigenvalue weighted by molar-refractivity contribution is -0.137. The van der Waals surface area contributed by atoms with E-state index in [1.807, 2.05) is 11.9 Å². The van der Waals surface area contributed by atoms with Crippen molar-refractivity contribution >= 4 is 5.91 Å². The monoisotopic (exact) mass is 268 g/mol. The maximum Gasteiger partial charge on any atom is 0.227 e. The number of carbonyl (C=O) groups excluding carboxylic acids is 1. The van der Waals surface area contributed by atoms with Crippen molar-refractivity contribution in [1.29, 1.82) is 0 Å². The van der Waals surface area contributed by atoms with E-state index in [2.05, 4.69) is 0 Å². The number of nitrogens with two attached hydrogens (primary N) is 1. The summed E-state index contributed by atoms with van der Waals surface area (Å²) in [7, 11) is 1.90. The van der Waals surface area contributed by atoms with E-state index in [1.54, 1.807) is 0 Å². The summed E-state index contributed by atoms with van der Waals surface area (Å²) in [5.74, 6) is 0.250. The summed E-state index contributed by atoms with van der Waals surface area (Å²) < 4.78 is 5.71. The van der Waals surface area contributed by atoms with Gasteiger partial charge in [-0.2, -0.15) is 0 Å². The second kappa shape index (κ2) is 7.25. The van der Waals surface area contributed by atoms with Crippen molar-refractivity contribution < 1.29 is 9.53 Å². The number of ether oxygens (including phenoxy) is 1. The van der Waals surface area contributed by atoms with Gasteiger partial charge in [0, 0.05) is 26.2 Å². The van der Waals surface area contributed by atoms with Crippen LogP contribution < -0.4 is 5.73 Å². The first kappa shape index (κ1) is 14.8. The molecule has 2 aliphatic rings. The molecule has 2 N–H and O–H groups in total. The molecular formula is C15H28N2O2. The molecule has 2 rings (SSSR count).